The second-order valence-electron chi connectivity index (χ2n) is 3.96. The zero-order valence-electron chi connectivity index (χ0n) is 9.94. The third-order valence-corrected chi connectivity index (χ3v) is 3.15. The van der Waals surface area contributed by atoms with Crippen LogP contribution in [-0.4, -0.2) is 29.2 Å². The van der Waals surface area contributed by atoms with Gasteiger partial charge in [0.05, 0.1) is 0 Å². The van der Waals surface area contributed by atoms with Crippen molar-refractivity contribution < 1.29 is 5.11 Å². The summed E-state index contributed by atoms with van der Waals surface area (Å²) < 4.78 is 0.727. The molecule has 0 spiro atoms. The molecule has 5 nitrogen and oxygen atoms in total. The number of nitrogens with zero attached hydrogens (tertiary/aromatic N) is 2. The van der Waals surface area contributed by atoms with Crippen molar-refractivity contribution in [2.24, 2.45) is 0 Å². The summed E-state index contributed by atoms with van der Waals surface area (Å²) in [7, 11) is 3.46. The number of nitrogens with one attached hydrogen (secondary N) is 1. The number of rotatable bonds is 2. The minimum atomic E-state index is -0.377. The molecule has 1 heterocycles. The van der Waals surface area contributed by atoms with E-state index in [1.54, 1.807) is 37.2 Å². The van der Waals surface area contributed by atoms with Crippen LogP contribution in [0.3, 0.4) is 0 Å². The van der Waals surface area contributed by atoms with Crippen molar-refractivity contribution in [1.29, 1.82) is 0 Å². The highest BCUT2D eigenvalue weighted by atomic mass is 79.9. The minimum Gasteiger partial charge on any atom is -0.493 e. The molecule has 1 aromatic heterocycles. The first-order chi connectivity index (χ1) is 8.50. The second-order valence-corrected chi connectivity index (χ2v) is 4.82. The third kappa shape index (κ3) is 2.24. The molecule has 2 rings (SSSR count). The normalized spacial score (nSPS) is 10.4. The second kappa shape index (κ2) is 4.81. The average Bonchev–Trinajstić information content (AvgIpc) is 2.30. The fraction of sp³-hybridized carbons (Fsp3) is 0.167. The summed E-state index contributed by atoms with van der Waals surface area (Å²) in [6.45, 7) is 0. The Kier molecular flexibility index (Phi) is 3.38. The highest BCUT2D eigenvalue weighted by Crippen LogP contribution is 2.30. The van der Waals surface area contributed by atoms with Gasteiger partial charge in [0.1, 0.15) is 5.56 Å². The fourth-order valence-corrected chi connectivity index (χ4v) is 2.05. The maximum Gasteiger partial charge on any atom is 0.264 e. The van der Waals surface area contributed by atoms with Gasteiger partial charge >= 0.3 is 0 Å². The zero-order chi connectivity index (χ0) is 13.3. The molecule has 0 saturated heterocycles. The lowest BCUT2D eigenvalue weighted by molar-refractivity contribution is 0.453. The number of aromatic hydroxyl groups is 1. The molecule has 6 heteroatoms. The van der Waals surface area contributed by atoms with Gasteiger partial charge in [-0.25, -0.2) is 0 Å². The maximum atomic E-state index is 12.0. The van der Waals surface area contributed by atoms with Crippen LogP contribution in [0.1, 0.15) is 0 Å². The van der Waals surface area contributed by atoms with E-state index in [0.29, 0.717) is 11.5 Å². The van der Waals surface area contributed by atoms with Crippen molar-refractivity contribution in [2.45, 2.75) is 0 Å². The number of H-pyrrole nitrogens is 1. The van der Waals surface area contributed by atoms with Crippen LogP contribution in [0.5, 0.6) is 5.88 Å². The van der Waals surface area contributed by atoms with Crippen molar-refractivity contribution in [1.82, 2.24) is 9.97 Å². The molecule has 0 aliphatic rings. The van der Waals surface area contributed by atoms with Gasteiger partial charge in [0.2, 0.25) is 11.8 Å². The molecule has 0 atom stereocenters. The van der Waals surface area contributed by atoms with E-state index in [0.717, 1.165) is 4.47 Å². The number of hydrogen-bond acceptors (Lipinski definition) is 4. The van der Waals surface area contributed by atoms with Gasteiger partial charge in [0, 0.05) is 24.1 Å². The Morgan fingerprint density at radius 1 is 1.33 bits per heavy atom. The van der Waals surface area contributed by atoms with Crippen LogP contribution in [-0.2, 0) is 0 Å². The van der Waals surface area contributed by atoms with Crippen LogP contribution in [0, 0.1) is 0 Å². The van der Waals surface area contributed by atoms with Gasteiger partial charge in [-0.3, -0.25) is 9.78 Å². The molecule has 2 aromatic rings. The topological polar surface area (TPSA) is 69.2 Å². The number of benzene rings is 1. The van der Waals surface area contributed by atoms with Gasteiger partial charge in [-0.2, -0.15) is 4.98 Å². The van der Waals surface area contributed by atoms with Crippen molar-refractivity contribution in [3.8, 4) is 17.0 Å². The Bertz CT molecular complexity index is 637. The zero-order valence-corrected chi connectivity index (χ0v) is 11.5. The maximum absolute atomic E-state index is 12.0. The van der Waals surface area contributed by atoms with Crippen LogP contribution >= 0.6 is 15.9 Å². The Balaban J connectivity index is 2.67. The van der Waals surface area contributed by atoms with Crippen LogP contribution in [0.15, 0.2) is 33.5 Å². The quantitative estimate of drug-likeness (QED) is 0.890. The highest BCUT2D eigenvalue weighted by molar-refractivity contribution is 9.10. The first kappa shape index (κ1) is 12.6. The summed E-state index contributed by atoms with van der Waals surface area (Å²) in [5.74, 6) is 0.0302. The van der Waals surface area contributed by atoms with Gasteiger partial charge in [-0.15, -0.1) is 0 Å². The molecular weight excluding hydrogens is 298 g/mol. The summed E-state index contributed by atoms with van der Waals surface area (Å²) in [6, 6.07) is 7.17. The molecule has 0 aliphatic heterocycles. The van der Waals surface area contributed by atoms with Gasteiger partial charge in [-0.1, -0.05) is 34.1 Å². The summed E-state index contributed by atoms with van der Waals surface area (Å²) in [4.78, 5) is 20.2. The lowest BCUT2D eigenvalue weighted by atomic mass is 10.1. The van der Waals surface area contributed by atoms with E-state index in [1.165, 1.54) is 0 Å². The van der Waals surface area contributed by atoms with Crippen LogP contribution < -0.4 is 10.5 Å². The van der Waals surface area contributed by atoms with E-state index in [4.69, 9.17) is 0 Å². The molecule has 0 aliphatic carbocycles. The molecule has 0 fully saturated rings. The first-order valence-corrected chi connectivity index (χ1v) is 6.05. The number of hydrogen-bond donors (Lipinski definition) is 2. The summed E-state index contributed by atoms with van der Waals surface area (Å²) in [6.07, 6.45) is 0. The Morgan fingerprint density at radius 3 is 2.56 bits per heavy atom. The van der Waals surface area contributed by atoms with Crippen molar-refractivity contribution in [2.75, 3.05) is 19.0 Å². The lowest BCUT2D eigenvalue weighted by Crippen LogP contribution is -2.19. The molecular formula is C12H12BrN3O2. The molecule has 0 radical (unpaired) electrons. The van der Waals surface area contributed by atoms with E-state index in [9.17, 15) is 9.90 Å². The summed E-state index contributed by atoms with van der Waals surface area (Å²) in [5, 5.41) is 9.92. The largest absolute Gasteiger partial charge is 0.493 e. The minimum absolute atomic E-state index is 0.160. The Hall–Kier alpha value is -1.82. The van der Waals surface area contributed by atoms with Crippen molar-refractivity contribution in [3.05, 3.63) is 39.1 Å². The van der Waals surface area contributed by atoms with Gasteiger partial charge in [0.25, 0.3) is 5.56 Å². The van der Waals surface area contributed by atoms with E-state index >= 15 is 0 Å². The molecule has 0 saturated carbocycles. The SMILES string of the molecule is CN(C)c1nc(O)c(-c2ccccc2Br)c(=O)[nH]1. The van der Waals surface area contributed by atoms with Crippen LogP contribution in [0.4, 0.5) is 5.95 Å². The fourth-order valence-electron chi connectivity index (χ4n) is 1.57. The molecule has 2 N–H and O–H groups in total. The standard InChI is InChI=1S/C12H12BrN3O2/c1-16(2)12-14-10(17)9(11(18)15-12)7-5-3-4-6-8(7)13/h3-6H,1-2H3,(H2,14,15,17,18). The Morgan fingerprint density at radius 2 is 2.00 bits per heavy atom. The molecule has 0 bridgehead atoms. The summed E-state index contributed by atoms with van der Waals surface area (Å²) in [5.41, 5.74) is 0.389. The lowest BCUT2D eigenvalue weighted by Gasteiger charge is -2.12. The van der Waals surface area contributed by atoms with E-state index < -0.39 is 0 Å². The molecule has 0 unspecified atom stereocenters. The average molecular weight is 310 g/mol. The van der Waals surface area contributed by atoms with Gasteiger partial charge in [-0.05, 0) is 6.07 Å². The van der Waals surface area contributed by atoms with Crippen LogP contribution in [0.2, 0.25) is 0 Å². The number of aromatic nitrogens is 2. The summed E-state index contributed by atoms with van der Waals surface area (Å²) >= 11 is 3.35. The molecule has 1 aromatic carbocycles. The van der Waals surface area contributed by atoms with Crippen molar-refractivity contribution in [3.63, 3.8) is 0 Å². The van der Waals surface area contributed by atoms with E-state index in [-0.39, 0.29) is 17.0 Å². The number of halogens is 1. The molecule has 18 heavy (non-hydrogen) atoms. The number of aromatic amines is 1. The molecule has 94 valence electrons. The predicted octanol–water partition coefficient (Wildman–Crippen LogP) is 1.97. The molecule has 0 amide bonds. The van der Waals surface area contributed by atoms with E-state index in [1.807, 2.05) is 6.07 Å². The van der Waals surface area contributed by atoms with Crippen LogP contribution in [0.25, 0.3) is 11.1 Å². The van der Waals surface area contributed by atoms with Crippen molar-refractivity contribution >= 4 is 21.9 Å². The highest BCUT2D eigenvalue weighted by Gasteiger charge is 2.15. The third-order valence-electron chi connectivity index (χ3n) is 2.45. The van der Waals surface area contributed by atoms with Gasteiger partial charge in [0.15, 0.2) is 0 Å². The van der Waals surface area contributed by atoms with E-state index in [2.05, 4.69) is 25.9 Å². The smallest absolute Gasteiger partial charge is 0.264 e. The predicted molar refractivity (Wildman–Crippen MR) is 74.0 cm³/mol. The monoisotopic (exact) mass is 309 g/mol. The number of anilines is 1. The first-order valence-electron chi connectivity index (χ1n) is 5.26. The Labute approximate surface area is 112 Å². The van der Waals surface area contributed by atoms with Gasteiger partial charge < -0.3 is 10.0 Å².